The first kappa shape index (κ1) is 14.0. The summed E-state index contributed by atoms with van der Waals surface area (Å²) in [5, 5.41) is 4.89. The number of hydrogen-bond donors (Lipinski definition) is 1. The molecule has 19 heavy (non-hydrogen) atoms. The molecule has 5 heteroatoms. The van der Waals surface area contributed by atoms with Crippen molar-refractivity contribution in [2.45, 2.75) is 25.8 Å². The Balaban J connectivity index is 2.05. The van der Waals surface area contributed by atoms with Crippen LogP contribution >= 0.6 is 11.6 Å². The number of hydrogen-bond acceptors (Lipinski definition) is 2. The van der Waals surface area contributed by atoms with Gasteiger partial charge in [0.15, 0.2) is 0 Å². The fourth-order valence-corrected chi connectivity index (χ4v) is 2.42. The van der Waals surface area contributed by atoms with Crippen LogP contribution in [0.5, 0.6) is 0 Å². The molecule has 2 N–H and O–H groups in total. The minimum atomic E-state index is -0.233. The molecule has 1 unspecified atom stereocenters. The highest BCUT2D eigenvalue weighted by atomic mass is 35.5. The summed E-state index contributed by atoms with van der Waals surface area (Å²) < 4.78 is 14.5. The minimum Gasteiger partial charge on any atom is -0.327 e. The van der Waals surface area contributed by atoms with E-state index in [4.69, 9.17) is 17.3 Å². The quantitative estimate of drug-likeness (QED) is 0.936. The van der Waals surface area contributed by atoms with Gasteiger partial charge >= 0.3 is 0 Å². The topological polar surface area (TPSA) is 43.8 Å². The smallest absolute Gasteiger partial charge is 0.130 e. The SMILES string of the molecule is Cc1nn(C)c(Cl)c1CC(N)Cc1ccc(F)cc1. The number of nitrogens with zero attached hydrogens (tertiary/aromatic N) is 2. The summed E-state index contributed by atoms with van der Waals surface area (Å²) in [5.74, 6) is -0.233. The molecular formula is C14H17ClFN3. The van der Waals surface area contributed by atoms with Crippen LogP contribution in [0.25, 0.3) is 0 Å². The van der Waals surface area contributed by atoms with E-state index >= 15 is 0 Å². The molecule has 0 saturated carbocycles. The van der Waals surface area contributed by atoms with Gasteiger partial charge in [-0.3, -0.25) is 4.68 Å². The van der Waals surface area contributed by atoms with Crippen molar-refractivity contribution in [3.8, 4) is 0 Å². The molecule has 1 atom stereocenters. The lowest BCUT2D eigenvalue weighted by molar-refractivity contribution is 0.623. The van der Waals surface area contributed by atoms with E-state index in [1.807, 2.05) is 14.0 Å². The Morgan fingerprint density at radius 2 is 1.95 bits per heavy atom. The second-order valence-electron chi connectivity index (χ2n) is 4.77. The van der Waals surface area contributed by atoms with Crippen LogP contribution in [0.2, 0.25) is 5.15 Å². The predicted molar refractivity (Wildman–Crippen MR) is 74.7 cm³/mol. The highest BCUT2D eigenvalue weighted by Gasteiger charge is 2.15. The van der Waals surface area contributed by atoms with Crippen molar-refractivity contribution in [3.63, 3.8) is 0 Å². The number of aryl methyl sites for hydroxylation is 2. The molecule has 0 spiro atoms. The predicted octanol–water partition coefficient (Wildman–Crippen LogP) is 2.63. The van der Waals surface area contributed by atoms with Crippen LogP contribution in [0.3, 0.4) is 0 Å². The zero-order valence-electron chi connectivity index (χ0n) is 11.0. The van der Waals surface area contributed by atoms with Crippen LogP contribution in [0.4, 0.5) is 4.39 Å². The number of rotatable bonds is 4. The van der Waals surface area contributed by atoms with Gasteiger partial charge in [0, 0.05) is 18.7 Å². The van der Waals surface area contributed by atoms with Gasteiger partial charge in [-0.25, -0.2) is 4.39 Å². The Hall–Kier alpha value is -1.39. The minimum absolute atomic E-state index is 0.0640. The first-order valence-corrected chi connectivity index (χ1v) is 6.53. The molecule has 1 aromatic carbocycles. The number of halogens is 2. The molecule has 0 amide bonds. The average molecular weight is 282 g/mol. The van der Waals surface area contributed by atoms with E-state index in [0.29, 0.717) is 18.0 Å². The van der Waals surface area contributed by atoms with Gasteiger partial charge in [-0.1, -0.05) is 23.7 Å². The lowest BCUT2D eigenvalue weighted by Gasteiger charge is -2.11. The van der Waals surface area contributed by atoms with Crippen LogP contribution in [0.15, 0.2) is 24.3 Å². The van der Waals surface area contributed by atoms with Crippen LogP contribution in [0.1, 0.15) is 16.8 Å². The second-order valence-corrected chi connectivity index (χ2v) is 5.13. The Morgan fingerprint density at radius 3 is 2.47 bits per heavy atom. The summed E-state index contributed by atoms with van der Waals surface area (Å²) in [6.45, 7) is 1.92. The zero-order valence-corrected chi connectivity index (χ0v) is 11.8. The van der Waals surface area contributed by atoms with Crippen molar-refractivity contribution in [2.24, 2.45) is 12.8 Å². The third kappa shape index (κ3) is 3.33. The van der Waals surface area contributed by atoms with Crippen LogP contribution in [0, 0.1) is 12.7 Å². The van der Waals surface area contributed by atoms with E-state index in [1.54, 1.807) is 16.8 Å². The van der Waals surface area contributed by atoms with Crippen LogP contribution < -0.4 is 5.73 Å². The van der Waals surface area contributed by atoms with E-state index in [2.05, 4.69) is 5.10 Å². The van der Waals surface area contributed by atoms with Gasteiger partial charge in [0.2, 0.25) is 0 Å². The number of aromatic nitrogens is 2. The molecule has 0 saturated heterocycles. The first-order valence-electron chi connectivity index (χ1n) is 6.15. The Morgan fingerprint density at radius 1 is 1.32 bits per heavy atom. The molecule has 0 radical (unpaired) electrons. The largest absolute Gasteiger partial charge is 0.327 e. The van der Waals surface area contributed by atoms with E-state index < -0.39 is 0 Å². The Bertz CT molecular complexity index is 563. The van der Waals surface area contributed by atoms with Gasteiger partial charge in [0.05, 0.1) is 5.69 Å². The molecule has 2 aromatic rings. The number of benzene rings is 1. The summed E-state index contributed by atoms with van der Waals surface area (Å²) in [6, 6.07) is 6.35. The van der Waals surface area contributed by atoms with Crippen LogP contribution in [-0.2, 0) is 19.9 Å². The Labute approximate surface area is 117 Å². The van der Waals surface area contributed by atoms with Gasteiger partial charge in [-0.05, 0) is 37.5 Å². The highest BCUT2D eigenvalue weighted by molar-refractivity contribution is 6.30. The third-order valence-corrected chi connectivity index (χ3v) is 3.62. The van der Waals surface area contributed by atoms with Gasteiger partial charge in [0.1, 0.15) is 11.0 Å². The van der Waals surface area contributed by atoms with Crippen molar-refractivity contribution in [1.82, 2.24) is 9.78 Å². The van der Waals surface area contributed by atoms with E-state index in [9.17, 15) is 4.39 Å². The summed E-state index contributed by atoms with van der Waals surface area (Å²) in [7, 11) is 1.81. The standard InChI is InChI=1S/C14H17ClFN3/c1-9-13(14(15)19(2)18-9)8-12(17)7-10-3-5-11(16)6-4-10/h3-6,12H,7-8,17H2,1-2H3. The Kier molecular flexibility index (Phi) is 4.22. The van der Waals surface area contributed by atoms with Crippen LogP contribution in [-0.4, -0.2) is 15.8 Å². The molecule has 3 nitrogen and oxygen atoms in total. The lowest BCUT2D eigenvalue weighted by Crippen LogP contribution is -2.25. The van der Waals surface area contributed by atoms with Crippen molar-refractivity contribution >= 4 is 11.6 Å². The van der Waals surface area contributed by atoms with Crippen molar-refractivity contribution in [1.29, 1.82) is 0 Å². The molecule has 0 aliphatic rings. The highest BCUT2D eigenvalue weighted by Crippen LogP contribution is 2.20. The lowest BCUT2D eigenvalue weighted by atomic mass is 10.0. The molecule has 0 fully saturated rings. The fourth-order valence-electron chi connectivity index (χ4n) is 2.16. The molecule has 0 aliphatic carbocycles. The normalized spacial score (nSPS) is 12.7. The number of nitrogens with two attached hydrogens (primary N) is 1. The van der Waals surface area contributed by atoms with E-state index in [-0.39, 0.29) is 11.9 Å². The monoisotopic (exact) mass is 281 g/mol. The van der Waals surface area contributed by atoms with Gasteiger partial charge in [0.25, 0.3) is 0 Å². The van der Waals surface area contributed by atoms with Crippen molar-refractivity contribution in [2.75, 3.05) is 0 Å². The van der Waals surface area contributed by atoms with Crippen molar-refractivity contribution in [3.05, 3.63) is 52.1 Å². The summed E-state index contributed by atoms with van der Waals surface area (Å²) in [4.78, 5) is 0. The molecule has 1 heterocycles. The fraction of sp³-hybridized carbons (Fsp3) is 0.357. The summed E-state index contributed by atoms with van der Waals surface area (Å²) in [6.07, 6.45) is 1.35. The second kappa shape index (κ2) is 5.72. The summed E-state index contributed by atoms with van der Waals surface area (Å²) >= 11 is 6.18. The molecule has 0 bridgehead atoms. The zero-order chi connectivity index (χ0) is 14.0. The third-order valence-electron chi connectivity index (χ3n) is 3.15. The van der Waals surface area contributed by atoms with E-state index in [1.165, 1.54) is 12.1 Å². The molecular weight excluding hydrogens is 265 g/mol. The van der Waals surface area contributed by atoms with Gasteiger partial charge < -0.3 is 5.73 Å². The van der Waals surface area contributed by atoms with Gasteiger partial charge in [-0.2, -0.15) is 5.10 Å². The molecule has 102 valence electrons. The maximum Gasteiger partial charge on any atom is 0.130 e. The van der Waals surface area contributed by atoms with Crippen molar-refractivity contribution < 1.29 is 4.39 Å². The average Bonchev–Trinajstić information content (AvgIpc) is 2.59. The molecule has 0 aliphatic heterocycles. The first-order chi connectivity index (χ1) is 8.97. The summed E-state index contributed by atoms with van der Waals surface area (Å²) in [5.41, 5.74) is 9.04. The molecule has 2 rings (SSSR count). The van der Waals surface area contributed by atoms with Gasteiger partial charge in [-0.15, -0.1) is 0 Å². The van der Waals surface area contributed by atoms with E-state index in [0.717, 1.165) is 16.8 Å². The molecule has 1 aromatic heterocycles. The maximum atomic E-state index is 12.8. The maximum absolute atomic E-state index is 12.8.